The number of carbonyl (C=O) groups is 3. The monoisotopic (exact) mass is 290 g/mol. The maximum atomic E-state index is 10.5. The second-order valence-electron chi connectivity index (χ2n) is 4.65. The zero-order valence-corrected chi connectivity index (χ0v) is 13.0. The Labute approximate surface area is 120 Å². The van der Waals surface area contributed by atoms with Crippen LogP contribution in [0.5, 0.6) is 0 Å². The second-order valence-corrected chi connectivity index (χ2v) is 5.64. The molecule has 0 aromatic carbocycles. The van der Waals surface area contributed by atoms with E-state index in [-0.39, 0.29) is 18.0 Å². The van der Waals surface area contributed by atoms with Crippen molar-refractivity contribution in [3.63, 3.8) is 0 Å². The maximum absolute atomic E-state index is 10.5. The van der Waals surface area contributed by atoms with E-state index < -0.39 is 0 Å². The molecule has 0 saturated heterocycles. The van der Waals surface area contributed by atoms with Crippen LogP contribution >= 0.6 is 11.8 Å². The van der Waals surface area contributed by atoms with Crippen LogP contribution in [0.15, 0.2) is 0 Å². The van der Waals surface area contributed by atoms with Gasteiger partial charge in [-0.25, -0.2) is 0 Å². The van der Waals surface area contributed by atoms with Gasteiger partial charge in [0.15, 0.2) is 0 Å². The number of aldehydes is 2. The van der Waals surface area contributed by atoms with Crippen LogP contribution in [0.1, 0.15) is 33.6 Å². The summed E-state index contributed by atoms with van der Waals surface area (Å²) in [4.78, 5) is 30.8. The summed E-state index contributed by atoms with van der Waals surface area (Å²) in [5.41, 5.74) is 5.28. The fourth-order valence-corrected chi connectivity index (χ4v) is 1.75. The van der Waals surface area contributed by atoms with Crippen molar-refractivity contribution in [3.8, 4) is 0 Å². The van der Waals surface area contributed by atoms with Crippen LogP contribution < -0.4 is 11.1 Å². The van der Waals surface area contributed by atoms with Gasteiger partial charge in [0.25, 0.3) is 0 Å². The maximum Gasteiger partial charge on any atom is 0.217 e. The number of amides is 1. The highest BCUT2D eigenvalue weighted by atomic mass is 32.2. The van der Waals surface area contributed by atoms with E-state index in [2.05, 4.69) is 5.32 Å². The molecule has 0 rings (SSSR count). The van der Waals surface area contributed by atoms with Crippen molar-refractivity contribution in [2.75, 3.05) is 12.0 Å². The van der Waals surface area contributed by atoms with Gasteiger partial charge in [0.2, 0.25) is 5.91 Å². The molecule has 0 aromatic heterocycles. The summed E-state index contributed by atoms with van der Waals surface area (Å²) in [6, 6.07) is -0.560. The van der Waals surface area contributed by atoms with Crippen LogP contribution in [0.4, 0.5) is 0 Å². The third kappa shape index (κ3) is 17.1. The topological polar surface area (TPSA) is 89.3 Å². The van der Waals surface area contributed by atoms with Gasteiger partial charge in [0.05, 0.1) is 12.1 Å². The molecule has 0 aliphatic heterocycles. The fourth-order valence-electron chi connectivity index (χ4n) is 1.24. The predicted octanol–water partition coefficient (Wildman–Crippen LogP) is 1.00. The zero-order chi connectivity index (χ0) is 15.3. The summed E-state index contributed by atoms with van der Waals surface area (Å²) in [6.45, 7) is 5.44. The fraction of sp³-hybridized carbons (Fsp3) is 0.769. The first-order chi connectivity index (χ1) is 8.87. The van der Waals surface area contributed by atoms with Crippen molar-refractivity contribution in [1.82, 2.24) is 5.32 Å². The number of hydrogen-bond acceptors (Lipinski definition) is 5. The quantitative estimate of drug-likeness (QED) is 0.651. The molecule has 19 heavy (non-hydrogen) atoms. The third-order valence-electron chi connectivity index (χ3n) is 2.11. The lowest BCUT2D eigenvalue weighted by molar-refractivity contribution is -0.122. The molecule has 2 atom stereocenters. The Balaban J connectivity index is 0. The van der Waals surface area contributed by atoms with E-state index in [1.165, 1.54) is 6.92 Å². The molecule has 112 valence electrons. The number of rotatable bonds is 8. The molecular formula is C13H26N2O3S. The van der Waals surface area contributed by atoms with Gasteiger partial charge in [-0.1, -0.05) is 13.8 Å². The zero-order valence-electron chi connectivity index (χ0n) is 12.2. The molecule has 0 aliphatic rings. The van der Waals surface area contributed by atoms with E-state index in [9.17, 15) is 14.4 Å². The molecule has 0 aliphatic carbocycles. The van der Waals surface area contributed by atoms with E-state index in [1.54, 1.807) is 11.8 Å². The number of hydrogen-bond donors (Lipinski definition) is 2. The average molecular weight is 290 g/mol. The van der Waals surface area contributed by atoms with Gasteiger partial charge in [-0.2, -0.15) is 11.8 Å². The van der Waals surface area contributed by atoms with E-state index in [0.717, 1.165) is 24.7 Å². The van der Waals surface area contributed by atoms with Crippen molar-refractivity contribution in [2.45, 2.75) is 45.7 Å². The highest BCUT2D eigenvalue weighted by molar-refractivity contribution is 7.98. The average Bonchev–Trinajstić information content (AvgIpc) is 2.34. The van der Waals surface area contributed by atoms with Gasteiger partial charge in [0.1, 0.15) is 12.6 Å². The lowest BCUT2D eigenvalue weighted by Gasteiger charge is -2.12. The molecule has 5 nitrogen and oxygen atoms in total. The number of nitrogens with one attached hydrogen (secondary N) is 1. The highest BCUT2D eigenvalue weighted by Gasteiger charge is 2.09. The Hall–Kier alpha value is -0.880. The number of carbonyl (C=O) groups excluding carboxylic acids is 3. The SMILES string of the molecule is CC(=O)N[C@H](C=O)CC(C)C.CSCC[C@H](N)C=O. The second kappa shape index (κ2) is 13.5. The molecule has 6 heteroatoms. The molecule has 0 spiro atoms. The largest absolute Gasteiger partial charge is 0.347 e. The van der Waals surface area contributed by atoms with Crippen molar-refractivity contribution in [1.29, 1.82) is 0 Å². The Morgan fingerprint density at radius 1 is 1.32 bits per heavy atom. The van der Waals surface area contributed by atoms with Crippen molar-refractivity contribution in [2.24, 2.45) is 11.7 Å². The Morgan fingerprint density at radius 2 is 1.89 bits per heavy atom. The van der Waals surface area contributed by atoms with E-state index in [1.807, 2.05) is 20.1 Å². The summed E-state index contributed by atoms with van der Waals surface area (Å²) in [5, 5.41) is 2.55. The van der Waals surface area contributed by atoms with Crippen molar-refractivity contribution >= 4 is 30.2 Å². The molecule has 0 radical (unpaired) electrons. The molecule has 0 aromatic rings. The molecule has 0 heterocycles. The minimum Gasteiger partial charge on any atom is -0.347 e. The van der Waals surface area contributed by atoms with E-state index >= 15 is 0 Å². The number of thioether (sulfide) groups is 1. The van der Waals surface area contributed by atoms with Gasteiger partial charge < -0.3 is 20.6 Å². The first-order valence-corrected chi connectivity index (χ1v) is 7.68. The smallest absolute Gasteiger partial charge is 0.217 e. The summed E-state index contributed by atoms with van der Waals surface area (Å²) in [7, 11) is 0. The Bertz CT molecular complexity index is 260. The van der Waals surface area contributed by atoms with Crippen LogP contribution in [0, 0.1) is 5.92 Å². The minimum atomic E-state index is -0.313. The van der Waals surface area contributed by atoms with E-state index in [4.69, 9.17) is 5.73 Å². The van der Waals surface area contributed by atoms with Crippen LogP contribution in [0.3, 0.4) is 0 Å². The van der Waals surface area contributed by atoms with Crippen LogP contribution in [-0.2, 0) is 14.4 Å². The van der Waals surface area contributed by atoms with Crippen LogP contribution in [0.25, 0.3) is 0 Å². The molecule has 1 amide bonds. The molecule has 0 bridgehead atoms. The minimum absolute atomic E-state index is 0.150. The lowest BCUT2D eigenvalue weighted by Crippen LogP contribution is -2.35. The first-order valence-electron chi connectivity index (χ1n) is 6.29. The number of nitrogens with two attached hydrogens (primary N) is 1. The molecule has 3 N–H and O–H groups in total. The van der Waals surface area contributed by atoms with Gasteiger partial charge >= 0.3 is 0 Å². The van der Waals surface area contributed by atoms with Gasteiger partial charge in [-0.05, 0) is 30.8 Å². The van der Waals surface area contributed by atoms with Crippen molar-refractivity contribution in [3.05, 3.63) is 0 Å². The highest BCUT2D eigenvalue weighted by Crippen LogP contribution is 2.02. The van der Waals surface area contributed by atoms with Gasteiger partial charge in [-0.15, -0.1) is 0 Å². The Kier molecular flexibility index (Phi) is 14.6. The summed E-state index contributed by atoms with van der Waals surface area (Å²) in [5.74, 6) is 1.25. The molecule has 0 saturated carbocycles. The van der Waals surface area contributed by atoms with E-state index in [0.29, 0.717) is 12.3 Å². The normalized spacial score (nSPS) is 12.9. The van der Waals surface area contributed by atoms with Gasteiger partial charge in [-0.3, -0.25) is 4.79 Å². The lowest BCUT2D eigenvalue weighted by atomic mass is 10.1. The molecular weight excluding hydrogens is 264 g/mol. The van der Waals surface area contributed by atoms with Crippen LogP contribution in [-0.4, -0.2) is 42.6 Å². The molecule has 0 unspecified atom stereocenters. The summed E-state index contributed by atoms with van der Waals surface area (Å²) < 4.78 is 0. The van der Waals surface area contributed by atoms with Crippen LogP contribution in [0.2, 0.25) is 0 Å². The van der Waals surface area contributed by atoms with Gasteiger partial charge in [0, 0.05) is 6.92 Å². The first kappa shape index (κ1) is 20.4. The third-order valence-corrected chi connectivity index (χ3v) is 2.75. The molecule has 0 fully saturated rings. The summed E-state index contributed by atoms with van der Waals surface area (Å²) in [6.07, 6.45) is 5.07. The Morgan fingerprint density at radius 3 is 2.21 bits per heavy atom. The predicted molar refractivity (Wildman–Crippen MR) is 80.2 cm³/mol. The van der Waals surface area contributed by atoms with Crippen molar-refractivity contribution < 1.29 is 14.4 Å². The standard InChI is InChI=1S/C8H15NO2.C5H11NOS/c1-6(2)4-8(5-10)9-7(3)11;1-8-3-2-5(6)4-7/h5-6,8H,4H2,1-3H3,(H,9,11);4-5H,2-3,6H2,1H3/t8-;5-/m00/s1. The summed E-state index contributed by atoms with van der Waals surface area (Å²) >= 11 is 1.71.